The highest BCUT2D eigenvalue weighted by atomic mass is 79.9. The van der Waals surface area contributed by atoms with Gasteiger partial charge in [0.05, 0.1) is 25.0 Å². The predicted octanol–water partition coefficient (Wildman–Crippen LogP) is 1.38. The third kappa shape index (κ3) is 1.56. The number of ether oxygens (including phenoxy) is 1. The van der Waals surface area contributed by atoms with Gasteiger partial charge in [-0.1, -0.05) is 0 Å². The summed E-state index contributed by atoms with van der Waals surface area (Å²) in [5.74, 6) is -0.144. The van der Waals surface area contributed by atoms with Gasteiger partial charge in [-0.25, -0.2) is 4.98 Å². The van der Waals surface area contributed by atoms with Crippen LogP contribution in [0, 0.1) is 5.92 Å². The van der Waals surface area contributed by atoms with Gasteiger partial charge < -0.3 is 9.30 Å². The molecule has 0 amide bonds. The Kier molecular flexibility index (Phi) is 2.58. The normalized spacial score (nSPS) is 20.3. The number of hydrogen-bond donors (Lipinski definition) is 0. The van der Waals surface area contributed by atoms with Crippen molar-refractivity contribution in [2.45, 2.75) is 19.4 Å². The Labute approximate surface area is 90.4 Å². The van der Waals surface area contributed by atoms with Crippen LogP contribution in [0.5, 0.6) is 0 Å². The molecular formula is C9H11BrN2O2. The average Bonchev–Trinajstić information content (AvgIpc) is 2.59. The van der Waals surface area contributed by atoms with Crippen molar-refractivity contribution in [1.82, 2.24) is 9.55 Å². The summed E-state index contributed by atoms with van der Waals surface area (Å²) in [6.45, 7) is 0.681. The maximum absolute atomic E-state index is 11.3. The van der Waals surface area contributed by atoms with Gasteiger partial charge in [0.2, 0.25) is 0 Å². The zero-order valence-electron chi connectivity index (χ0n) is 7.86. The molecule has 1 aromatic heterocycles. The molecular weight excluding hydrogens is 248 g/mol. The highest BCUT2D eigenvalue weighted by Gasteiger charge is 2.26. The van der Waals surface area contributed by atoms with Crippen LogP contribution in [0.2, 0.25) is 0 Å². The fourth-order valence-corrected chi connectivity index (χ4v) is 2.30. The maximum atomic E-state index is 11.3. The van der Waals surface area contributed by atoms with Gasteiger partial charge in [-0.3, -0.25) is 4.79 Å². The summed E-state index contributed by atoms with van der Waals surface area (Å²) in [6, 6.07) is 0. The number of rotatable bonds is 1. The van der Waals surface area contributed by atoms with Gasteiger partial charge >= 0.3 is 5.97 Å². The number of nitrogens with zero attached hydrogens (tertiary/aromatic N) is 2. The fraction of sp³-hybridized carbons (Fsp3) is 0.556. The molecule has 0 radical (unpaired) electrons. The van der Waals surface area contributed by atoms with Crippen LogP contribution in [-0.2, 0) is 22.5 Å². The molecule has 0 bridgehead atoms. The fourth-order valence-electron chi connectivity index (χ4n) is 1.79. The smallest absolute Gasteiger partial charge is 0.310 e. The molecule has 2 rings (SSSR count). The number of carbonyl (C=O) groups excluding carboxylic acids is 1. The van der Waals surface area contributed by atoms with Crippen LogP contribution in [0.15, 0.2) is 10.9 Å². The molecule has 1 aliphatic heterocycles. The number of imidazole rings is 1. The van der Waals surface area contributed by atoms with Crippen molar-refractivity contribution in [1.29, 1.82) is 0 Å². The molecule has 1 aromatic rings. The van der Waals surface area contributed by atoms with Gasteiger partial charge in [0, 0.05) is 6.54 Å². The lowest BCUT2D eigenvalue weighted by molar-refractivity contribution is -0.146. The van der Waals surface area contributed by atoms with E-state index in [-0.39, 0.29) is 11.9 Å². The zero-order valence-corrected chi connectivity index (χ0v) is 9.45. The summed E-state index contributed by atoms with van der Waals surface area (Å²) in [7, 11) is 1.43. The van der Waals surface area contributed by atoms with Crippen LogP contribution in [0.3, 0.4) is 0 Å². The second kappa shape index (κ2) is 3.73. The van der Waals surface area contributed by atoms with Crippen LogP contribution in [0.25, 0.3) is 0 Å². The van der Waals surface area contributed by atoms with Crippen molar-refractivity contribution >= 4 is 21.9 Å². The molecule has 0 aromatic carbocycles. The van der Waals surface area contributed by atoms with E-state index in [1.807, 2.05) is 4.57 Å². The average molecular weight is 259 g/mol. The Hall–Kier alpha value is -0.840. The van der Waals surface area contributed by atoms with Crippen molar-refractivity contribution in [3.8, 4) is 0 Å². The minimum atomic E-state index is -0.125. The quantitative estimate of drug-likeness (QED) is 0.716. The van der Waals surface area contributed by atoms with Crippen molar-refractivity contribution in [3.05, 3.63) is 16.6 Å². The monoisotopic (exact) mass is 258 g/mol. The van der Waals surface area contributed by atoms with E-state index in [2.05, 4.69) is 20.9 Å². The first-order chi connectivity index (χ1) is 6.72. The highest BCUT2D eigenvalue weighted by Crippen LogP contribution is 2.25. The van der Waals surface area contributed by atoms with Gasteiger partial charge in [-0.15, -0.1) is 0 Å². The molecule has 1 aliphatic rings. The van der Waals surface area contributed by atoms with E-state index in [0.717, 1.165) is 17.4 Å². The first kappa shape index (κ1) is 9.71. The SMILES string of the molecule is COC(=O)C1CCc2c(Br)ncn2C1. The van der Waals surface area contributed by atoms with Gasteiger partial charge in [0.1, 0.15) is 4.60 Å². The van der Waals surface area contributed by atoms with Crippen LogP contribution in [0.1, 0.15) is 12.1 Å². The molecule has 0 spiro atoms. The van der Waals surface area contributed by atoms with E-state index in [4.69, 9.17) is 4.74 Å². The van der Waals surface area contributed by atoms with Crippen LogP contribution >= 0.6 is 15.9 Å². The maximum Gasteiger partial charge on any atom is 0.310 e. The van der Waals surface area contributed by atoms with Crippen LogP contribution < -0.4 is 0 Å². The molecule has 76 valence electrons. The highest BCUT2D eigenvalue weighted by molar-refractivity contribution is 9.10. The Bertz CT molecular complexity index is 362. The van der Waals surface area contributed by atoms with E-state index in [1.54, 1.807) is 6.33 Å². The van der Waals surface area contributed by atoms with E-state index in [9.17, 15) is 4.79 Å². The lowest BCUT2D eigenvalue weighted by Gasteiger charge is -2.21. The summed E-state index contributed by atoms with van der Waals surface area (Å²) in [6.07, 6.45) is 3.48. The molecule has 0 N–H and O–H groups in total. The Morgan fingerprint density at radius 2 is 2.57 bits per heavy atom. The van der Waals surface area contributed by atoms with Gasteiger partial charge in [-0.2, -0.15) is 0 Å². The molecule has 2 heterocycles. The second-order valence-electron chi connectivity index (χ2n) is 3.39. The molecule has 0 aliphatic carbocycles. The largest absolute Gasteiger partial charge is 0.469 e. The number of fused-ring (bicyclic) bond motifs is 1. The van der Waals surface area contributed by atoms with Gasteiger partial charge in [0.15, 0.2) is 0 Å². The van der Waals surface area contributed by atoms with E-state index in [1.165, 1.54) is 12.8 Å². The summed E-state index contributed by atoms with van der Waals surface area (Å²) in [5.41, 5.74) is 1.17. The summed E-state index contributed by atoms with van der Waals surface area (Å²) in [4.78, 5) is 15.5. The molecule has 1 unspecified atom stereocenters. The van der Waals surface area contributed by atoms with E-state index in [0.29, 0.717) is 6.54 Å². The Morgan fingerprint density at radius 3 is 3.29 bits per heavy atom. The molecule has 0 saturated heterocycles. The first-order valence-electron chi connectivity index (χ1n) is 4.49. The number of methoxy groups -OCH3 is 1. The van der Waals surface area contributed by atoms with Crippen molar-refractivity contribution in [2.75, 3.05) is 7.11 Å². The summed E-state index contributed by atoms with van der Waals surface area (Å²) < 4.78 is 7.63. The second-order valence-corrected chi connectivity index (χ2v) is 4.14. The topological polar surface area (TPSA) is 44.1 Å². The van der Waals surface area contributed by atoms with Crippen molar-refractivity contribution in [3.63, 3.8) is 0 Å². The number of halogens is 1. The molecule has 4 nitrogen and oxygen atoms in total. The van der Waals surface area contributed by atoms with Gasteiger partial charge in [-0.05, 0) is 28.8 Å². The van der Waals surface area contributed by atoms with E-state index < -0.39 is 0 Å². The third-order valence-corrected chi connectivity index (χ3v) is 3.24. The molecule has 1 atom stereocenters. The summed E-state index contributed by atoms with van der Waals surface area (Å²) in [5, 5.41) is 0. The predicted molar refractivity (Wildman–Crippen MR) is 53.8 cm³/mol. The van der Waals surface area contributed by atoms with Gasteiger partial charge in [0.25, 0.3) is 0 Å². The van der Waals surface area contributed by atoms with Crippen LogP contribution in [-0.4, -0.2) is 22.6 Å². The minimum Gasteiger partial charge on any atom is -0.469 e. The van der Waals surface area contributed by atoms with Crippen LogP contribution in [0.4, 0.5) is 0 Å². The standard InChI is InChI=1S/C9H11BrN2O2/c1-14-9(13)6-2-3-7-8(10)11-5-12(7)4-6/h5-6H,2-4H2,1H3. The Morgan fingerprint density at radius 1 is 1.79 bits per heavy atom. The third-order valence-electron chi connectivity index (χ3n) is 2.58. The number of aromatic nitrogens is 2. The minimum absolute atomic E-state index is 0.0198. The zero-order chi connectivity index (χ0) is 10.1. The van der Waals surface area contributed by atoms with Crippen molar-refractivity contribution in [2.24, 2.45) is 5.92 Å². The molecule has 0 fully saturated rings. The Balaban J connectivity index is 2.18. The molecule has 14 heavy (non-hydrogen) atoms. The molecule has 0 saturated carbocycles. The van der Waals surface area contributed by atoms with E-state index >= 15 is 0 Å². The number of esters is 1. The lowest BCUT2D eigenvalue weighted by atomic mass is 9.98. The van der Waals surface area contributed by atoms with Crippen molar-refractivity contribution < 1.29 is 9.53 Å². The lowest BCUT2D eigenvalue weighted by Crippen LogP contribution is -2.27. The summed E-state index contributed by atoms with van der Waals surface area (Å²) >= 11 is 3.38. The molecule has 5 heteroatoms. The number of hydrogen-bond acceptors (Lipinski definition) is 3. The number of carbonyl (C=O) groups is 1. The first-order valence-corrected chi connectivity index (χ1v) is 5.29.